The zero-order valence-electron chi connectivity index (χ0n) is 10.5. The van der Waals surface area contributed by atoms with Crippen LogP contribution in [0.2, 0.25) is 0 Å². The van der Waals surface area contributed by atoms with Crippen LogP contribution in [-0.2, 0) is 4.79 Å². The molecule has 0 radical (unpaired) electrons. The van der Waals surface area contributed by atoms with Crippen molar-refractivity contribution in [2.45, 2.75) is 26.2 Å². The van der Waals surface area contributed by atoms with Gasteiger partial charge in [-0.05, 0) is 38.1 Å². The summed E-state index contributed by atoms with van der Waals surface area (Å²) >= 11 is 1.75. The smallest absolute Gasteiger partial charge is 0.223 e. The fourth-order valence-electron chi connectivity index (χ4n) is 2.08. The number of amides is 1. The molecule has 1 aliphatic rings. The van der Waals surface area contributed by atoms with Gasteiger partial charge < -0.3 is 10.2 Å². The van der Waals surface area contributed by atoms with Crippen LogP contribution in [0.4, 0.5) is 0 Å². The molecule has 1 N–H and O–H groups in total. The first-order valence-electron chi connectivity index (χ1n) is 6.25. The fraction of sp³-hybridized carbons (Fsp3) is 0.917. The van der Waals surface area contributed by atoms with E-state index in [-0.39, 0.29) is 0 Å². The average molecular weight is 244 g/mol. The lowest BCUT2D eigenvalue weighted by Crippen LogP contribution is -2.40. The Morgan fingerprint density at radius 1 is 1.44 bits per heavy atom. The highest BCUT2D eigenvalue weighted by Crippen LogP contribution is 2.17. The van der Waals surface area contributed by atoms with Crippen molar-refractivity contribution in [1.82, 2.24) is 10.2 Å². The summed E-state index contributed by atoms with van der Waals surface area (Å²) in [4.78, 5) is 13.8. The van der Waals surface area contributed by atoms with Crippen LogP contribution in [0.3, 0.4) is 0 Å². The van der Waals surface area contributed by atoms with Crippen molar-refractivity contribution >= 4 is 17.7 Å². The first kappa shape index (κ1) is 13.8. The molecule has 1 amide bonds. The third kappa shape index (κ3) is 4.74. The van der Waals surface area contributed by atoms with Gasteiger partial charge in [0.15, 0.2) is 0 Å². The number of hydrogen-bond donors (Lipinski definition) is 1. The Bertz CT molecular complexity index is 203. The molecule has 1 heterocycles. The van der Waals surface area contributed by atoms with Gasteiger partial charge in [0.05, 0.1) is 0 Å². The first-order chi connectivity index (χ1) is 7.77. The number of rotatable bonds is 6. The van der Waals surface area contributed by atoms with Crippen LogP contribution in [0.1, 0.15) is 26.2 Å². The van der Waals surface area contributed by atoms with E-state index in [0.29, 0.717) is 12.3 Å². The van der Waals surface area contributed by atoms with Gasteiger partial charge in [0.2, 0.25) is 5.91 Å². The van der Waals surface area contributed by atoms with Gasteiger partial charge in [-0.2, -0.15) is 11.8 Å². The lowest BCUT2D eigenvalue weighted by molar-refractivity contribution is -0.132. The van der Waals surface area contributed by atoms with E-state index >= 15 is 0 Å². The highest BCUT2D eigenvalue weighted by atomic mass is 32.2. The van der Waals surface area contributed by atoms with Crippen LogP contribution >= 0.6 is 11.8 Å². The number of likely N-dealkylation sites (tertiary alicyclic amines) is 1. The van der Waals surface area contributed by atoms with E-state index in [1.165, 1.54) is 0 Å². The Balaban J connectivity index is 2.18. The molecular weight excluding hydrogens is 220 g/mol. The molecule has 16 heavy (non-hydrogen) atoms. The summed E-state index contributed by atoms with van der Waals surface area (Å²) in [7, 11) is 0. The van der Waals surface area contributed by atoms with Crippen molar-refractivity contribution in [3.63, 3.8) is 0 Å². The maximum atomic E-state index is 11.8. The molecule has 94 valence electrons. The topological polar surface area (TPSA) is 32.3 Å². The van der Waals surface area contributed by atoms with Gasteiger partial charge >= 0.3 is 0 Å². The van der Waals surface area contributed by atoms with Crippen LogP contribution in [0.15, 0.2) is 0 Å². The van der Waals surface area contributed by atoms with Gasteiger partial charge in [-0.25, -0.2) is 0 Å². The maximum absolute atomic E-state index is 11.8. The van der Waals surface area contributed by atoms with Crippen molar-refractivity contribution in [2.75, 3.05) is 38.2 Å². The monoisotopic (exact) mass is 244 g/mol. The second kappa shape index (κ2) is 7.96. The van der Waals surface area contributed by atoms with E-state index in [9.17, 15) is 4.79 Å². The Morgan fingerprint density at radius 2 is 2.12 bits per heavy atom. The normalized spacial score (nSPS) is 17.8. The summed E-state index contributed by atoms with van der Waals surface area (Å²) in [6.45, 7) is 6.23. The maximum Gasteiger partial charge on any atom is 0.223 e. The summed E-state index contributed by atoms with van der Waals surface area (Å²) in [5.74, 6) is 2.07. The van der Waals surface area contributed by atoms with Crippen LogP contribution in [0.25, 0.3) is 0 Å². The Kier molecular flexibility index (Phi) is 6.88. The van der Waals surface area contributed by atoms with Gasteiger partial charge in [0.1, 0.15) is 0 Å². The number of hydrogen-bond acceptors (Lipinski definition) is 3. The van der Waals surface area contributed by atoms with Gasteiger partial charge in [-0.1, -0.05) is 6.92 Å². The molecule has 0 spiro atoms. The minimum Gasteiger partial charge on any atom is -0.343 e. The number of nitrogens with zero attached hydrogens (tertiary/aromatic N) is 1. The molecule has 0 aromatic heterocycles. The number of piperidine rings is 1. The van der Waals surface area contributed by atoms with Crippen molar-refractivity contribution < 1.29 is 4.79 Å². The highest BCUT2D eigenvalue weighted by molar-refractivity contribution is 7.98. The van der Waals surface area contributed by atoms with Gasteiger partial charge in [-0.3, -0.25) is 4.79 Å². The van der Waals surface area contributed by atoms with Gasteiger partial charge in [0, 0.05) is 25.3 Å². The minimum atomic E-state index is 0.344. The highest BCUT2D eigenvalue weighted by Gasteiger charge is 2.21. The Labute approximate surface area is 103 Å². The van der Waals surface area contributed by atoms with E-state index in [2.05, 4.69) is 18.5 Å². The van der Waals surface area contributed by atoms with Gasteiger partial charge in [-0.15, -0.1) is 0 Å². The molecule has 1 rings (SSSR count). The molecular formula is C12H24N2OS. The SMILES string of the molecule is CCNCC1CCN(C(=O)CCSC)CC1. The predicted octanol–water partition coefficient (Wildman–Crippen LogP) is 1.59. The molecule has 0 unspecified atom stereocenters. The quantitative estimate of drug-likeness (QED) is 0.770. The largest absolute Gasteiger partial charge is 0.343 e. The molecule has 1 fully saturated rings. The van der Waals surface area contributed by atoms with E-state index in [1.54, 1.807) is 11.8 Å². The Morgan fingerprint density at radius 3 is 2.69 bits per heavy atom. The van der Waals surface area contributed by atoms with Crippen molar-refractivity contribution in [1.29, 1.82) is 0 Å². The molecule has 4 heteroatoms. The molecule has 1 aliphatic heterocycles. The first-order valence-corrected chi connectivity index (χ1v) is 7.64. The van der Waals surface area contributed by atoms with Crippen molar-refractivity contribution in [3.8, 4) is 0 Å². The molecule has 0 saturated carbocycles. The van der Waals surface area contributed by atoms with Gasteiger partial charge in [0.25, 0.3) is 0 Å². The summed E-state index contributed by atoms with van der Waals surface area (Å²) in [6, 6.07) is 0. The van der Waals surface area contributed by atoms with Crippen LogP contribution < -0.4 is 5.32 Å². The summed E-state index contributed by atoms with van der Waals surface area (Å²) < 4.78 is 0. The van der Waals surface area contributed by atoms with Crippen LogP contribution in [-0.4, -0.2) is 49.0 Å². The zero-order valence-corrected chi connectivity index (χ0v) is 11.3. The lowest BCUT2D eigenvalue weighted by Gasteiger charge is -2.32. The standard InChI is InChI=1S/C12H24N2OS/c1-3-13-10-11-4-7-14(8-5-11)12(15)6-9-16-2/h11,13H,3-10H2,1-2H3. The number of carbonyl (C=O) groups excluding carboxylic acids is 1. The van der Waals surface area contributed by atoms with Crippen LogP contribution in [0.5, 0.6) is 0 Å². The van der Waals surface area contributed by atoms with E-state index in [1.807, 2.05) is 4.90 Å². The predicted molar refractivity (Wildman–Crippen MR) is 70.8 cm³/mol. The van der Waals surface area contributed by atoms with Crippen molar-refractivity contribution in [3.05, 3.63) is 0 Å². The van der Waals surface area contributed by atoms with E-state index in [4.69, 9.17) is 0 Å². The number of nitrogens with one attached hydrogen (secondary N) is 1. The molecule has 0 aromatic rings. The summed E-state index contributed by atoms with van der Waals surface area (Å²) in [5, 5.41) is 3.39. The molecule has 0 bridgehead atoms. The molecule has 0 aliphatic carbocycles. The molecule has 1 saturated heterocycles. The van der Waals surface area contributed by atoms with Crippen LogP contribution in [0, 0.1) is 5.92 Å². The number of thioether (sulfide) groups is 1. The van der Waals surface area contributed by atoms with E-state index < -0.39 is 0 Å². The average Bonchev–Trinajstić information content (AvgIpc) is 2.34. The Hall–Kier alpha value is -0.220. The summed E-state index contributed by atoms with van der Waals surface area (Å²) in [5.41, 5.74) is 0. The summed E-state index contributed by atoms with van der Waals surface area (Å²) in [6.07, 6.45) is 5.09. The van der Waals surface area contributed by atoms with E-state index in [0.717, 1.165) is 50.7 Å². The minimum absolute atomic E-state index is 0.344. The molecule has 0 atom stereocenters. The second-order valence-corrected chi connectivity index (χ2v) is 5.36. The molecule has 3 nitrogen and oxygen atoms in total. The third-order valence-corrected chi connectivity index (χ3v) is 3.78. The molecule has 0 aromatic carbocycles. The number of carbonyl (C=O) groups is 1. The lowest BCUT2D eigenvalue weighted by atomic mass is 9.96. The van der Waals surface area contributed by atoms with Crippen molar-refractivity contribution in [2.24, 2.45) is 5.92 Å². The fourth-order valence-corrected chi connectivity index (χ4v) is 2.46. The second-order valence-electron chi connectivity index (χ2n) is 4.37. The zero-order chi connectivity index (χ0) is 11.8. The third-order valence-electron chi connectivity index (χ3n) is 3.17.